The maximum atomic E-state index is 12.9. The van der Waals surface area contributed by atoms with Crippen molar-refractivity contribution in [3.05, 3.63) is 134 Å². The Balaban J connectivity index is 4.30. The summed E-state index contributed by atoms with van der Waals surface area (Å²) in [4.78, 5) is 38.4. The van der Waals surface area contributed by atoms with Crippen molar-refractivity contribution >= 4 is 17.9 Å². The van der Waals surface area contributed by atoms with E-state index in [1.807, 2.05) is 0 Å². The number of rotatable bonds is 62. The molecule has 0 heterocycles. The molecule has 0 radical (unpaired) electrons. The molecule has 0 aliphatic rings. The third-order valence-corrected chi connectivity index (χ3v) is 14.6. The van der Waals surface area contributed by atoms with Gasteiger partial charge in [0, 0.05) is 19.3 Å². The molecule has 0 aromatic heterocycles. The van der Waals surface area contributed by atoms with E-state index in [2.05, 4.69) is 154 Å². The van der Waals surface area contributed by atoms with Crippen molar-refractivity contribution in [1.29, 1.82) is 0 Å². The van der Waals surface area contributed by atoms with Crippen molar-refractivity contribution < 1.29 is 28.6 Å². The highest BCUT2D eigenvalue weighted by molar-refractivity contribution is 5.71. The zero-order valence-electron chi connectivity index (χ0n) is 54.2. The van der Waals surface area contributed by atoms with Crippen molar-refractivity contribution in [3.8, 4) is 0 Å². The van der Waals surface area contributed by atoms with Crippen molar-refractivity contribution in [2.75, 3.05) is 13.2 Å². The lowest BCUT2D eigenvalue weighted by molar-refractivity contribution is -0.167. The zero-order valence-corrected chi connectivity index (χ0v) is 54.2. The number of carbonyl (C=O) groups is 3. The van der Waals surface area contributed by atoms with Gasteiger partial charge in [-0.2, -0.15) is 0 Å². The Hall–Kier alpha value is -4.45. The van der Waals surface area contributed by atoms with Crippen LogP contribution in [0.1, 0.15) is 316 Å². The Morgan fingerprint density at radius 1 is 0.253 bits per heavy atom. The van der Waals surface area contributed by atoms with Gasteiger partial charge in [-0.15, -0.1) is 0 Å². The maximum Gasteiger partial charge on any atom is 0.306 e. The fraction of sp³-hybridized carbons (Fsp3) is 0.675. The van der Waals surface area contributed by atoms with Crippen LogP contribution in [-0.2, 0) is 28.6 Å². The van der Waals surface area contributed by atoms with Crippen LogP contribution >= 0.6 is 0 Å². The third kappa shape index (κ3) is 68.2. The van der Waals surface area contributed by atoms with Crippen LogP contribution in [-0.4, -0.2) is 37.2 Å². The van der Waals surface area contributed by atoms with Gasteiger partial charge in [0.25, 0.3) is 0 Å². The second-order valence-corrected chi connectivity index (χ2v) is 22.7. The maximum absolute atomic E-state index is 12.9. The minimum Gasteiger partial charge on any atom is -0.462 e. The van der Waals surface area contributed by atoms with Crippen molar-refractivity contribution in [3.63, 3.8) is 0 Å². The van der Waals surface area contributed by atoms with Gasteiger partial charge >= 0.3 is 17.9 Å². The van der Waals surface area contributed by atoms with E-state index in [9.17, 15) is 14.4 Å². The smallest absolute Gasteiger partial charge is 0.306 e. The van der Waals surface area contributed by atoms with Crippen LogP contribution in [0.2, 0.25) is 0 Å². The first kappa shape index (κ1) is 78.5. The van der Waals surface area contributed by atoms with Gasteiger partial charge < -0.3 is 14.2 Å². The lowest BCUT2D eigenvalue weighted by Crippen LogP contribution is -2.30. The summed E-state index contributed by atoms with van der Waals surface area (Å²) in [7, 11) is 0. The summed E-state index contributed by atoms with van der Waals surface area (Å²) < 4.78 is 16.9. The van der Waals surface area contributed by atoms with Crippen molar-refractivity contribution in [1.82, 2.24) is 0 Å². The fourth-order valence-electron chi connectivity index (χ4n) is 9.43. The van der Waals surface area contributed by atoms with Gasteiger partial charge in [-0.25, -0.2) is 0 Å². The van der Waals surface area contributed by atoms with E-state index in [4.69, 9.17) is 14.2 Å². The molecule has 0 fully saturated rings. The topological polar surface area (TPSA) is 78.9 Å². The van der Waals surface area contributed by atoms with Gasteiger partial charge in [-0.1, -0.05) is 289 Å². The molecule has 0 aliphatic heterocycles. The average Bonchev–Trinajstić information content (AvgIpc) is 3.49. The van der Waals surface area contributed by atoms with Gasteiger partial charge in [-0.3, -0.25) is 14.4 Å². The summed E-state index contributed by atoms with van der Waals surface area (Å²) >= 11 is 0. The van der Waals surface area contributed by atoms with Gasteiger partial charge in [0.05, 0.1) is 0 Å². The molecule has 0 aromatic rings. The predicted molar refractivity (Wildman–Crippen MR) is 362 cm³/mol. The van der Waals surface area contributed by atoms with E-state index in [1.165, 1.54) is 122 Å². The van der Waals surface area contributed by atoms with Crippen LogP contribution in [0.5, 0.6) is 0 Å². The number of hydrogen-bond acceptors (Lipinski definition) is 6. The van der Waals surface area contributed by atoms with E-state index in [0.29, 0.717) is 19.3 Å². The molecule has 0 spiro atoms. The standard InChI is InChI=1S/C77H128O6/c1-4-7-10-13-16-19-22-25-28-31-32-33-34-35-36-37-38-39-40-41-42-43-44-45-46-47-50-52-55-58-61-64-67-70-76(79)82-73-74(83-77(80)71-68-65-62-59-56-53-49-30-27-24-21-18-15-12-9-6-3)72-81-75(78)69-66-63-60-57-54-51-48-29-26-23-20-17-14-11-8-5-2/h7,10,16,19-21,23-25,28-30,32-33,35-36,38-39,41-42,48-49,74H,4-6,8-9,11-15,17-18,22,26-27,31,34,37,40,43-47,50-73H2,1-3H3/b10-7-,19-16-,23-20-,24-21-,28-25-,33-32-,36-35-,39-38-,42-41-,48-29-,49-30-. The van der Waals surface area contributed by atoms with E-state index in [-0.39, 0.29) is 31.1 Å². The number of ether oxygens (including phenoxy) is 3. The number of hydrogen-bond donors (Lipinski definition) is 0. The van der Waals surface area contributed by atoms with Gasteiger partial charge in [-0.05, 0) is 141 Å². The summed E-state index contributed by atoms with van der Waals surface area (Å²) in [6, 6.07) is 0. The van der Waals surface area contributed by atoms with Gasteiger partial charge in [0.2, 0.25) is 0 Å². The minimum absolute atomic E-state index is 0.0916. The first-order chi connectivity index (χ1) is 41.0. The summed E-state index contributed by atoms with van der Waals surface area (Å²) in [5, 5.41) is 0. The quantitative estimate of drug-likeness (QED) is 0.0261. The molecule has 0 saturated heterocycles. The van der Waals surface area contributed by atoms with Crippen LogP contribution in [0.25, 0.3) is 0 Å². The second kappa shape index (κ2) is 70.0. The van der Waals surface area contributed by atoms with Crippen LogP contribution in [0, 0.1) is 0 Å². The highest BCUT2D eigenvalue weighted by Gasteiger charge is 2.19. The highest BCUT2D eigenvalue weighted by Crippen LogP contribution is 2.16. The number of esters is 3. The molecule has 1 atom stereocenters. The first-order valence-electron chi connectivity index (χ1n) is 34.7. The number of unbranched alkanes of at least 4 members (excludes halogenated alkanes) is 29. The Morgan fingerprint density at radius 2 is 0.470 bits per heavy atom. The Kier molecular flexibility index (Phi) is 66.3. The average molecular weight is 1150 g/mol. The van der Waals surface area contributed by atoms with Gasteiger partial charge in [0.1, 0.15) is 13.2 Å². The molecular formula is C77H128O6. The number of allylic oxidation sites excluding steroid dienone is 22. The Bertz CT molecular complexity index is 1750. The highest BCUT2D eigenvalue weighted by atomic mass is 16.6. The molecule has 0 saturated carbocycles. The molecule has 0 aromatic carbocycles. The predicted octanol–water partition coefficient (Wildman–Crippen LogP) is 24.1. The van der Waals surface area contributed by atoms with E-state index >= 15 is 0 Å². The fourth-order valence-corrected chi connectivity index (χ4v) is 9.43. The molecule has 0 bridgehead atoms. The lowest BCUT2D eigenvalue weighted by Gasteiger charge is -2.18. The first-order valence-corrected chi connectivity index (χ1v) is 34.7. The number of carbonyl (C=O) groups excluding carboxylic acids is 3. The van der Waals surface area contributed by atoms with Crippen LogP contribution in [0.4, 0.5) is 0 Å². The largest absolute Gasteiger partial charge is 0.462 e. The molecule has 6 heteroatoms. The molecular weight excluding hydrogens is 1020 g/mol. The Morgan fingerprint density at radius 3 is 0.735 bits per heavy atom. The monoisotopic (exact) mass is 1150 g/mol. The Labute approximate surface area is 513 Å². The van der Waals surface area contributed by atoms with Crippen molar-refractivity contribution in [2.24, 2.45) is 0 Å². The minimum atomic E-state index is -0.797. The van der Waals surface area contributed by atoms with E-state index in [1.54, 1.807) is 0 Å². The molecule has 83 heavy (non-hydrogen) atoms. The van der Waals surface area contributed by atoms with Crippen LogP contribution < -0.4 is 0 Å². The van der Waals surface area contributed by atoms with E-state index < -0.39 is 6.10 Å². The summed E-state index contributed by atoms with van der Waals surface area (Å²) in [6.07, 6.45) is 98.9. The molecule has 0 rings (SSSR count). The zero-order chi connectivity index (χ0) is 59.9. The molecule has 6 nitrogen and oxygen atoms in total. The lowest BCUT2D eigenvalue weighted by atomic mass is 10.0. The van der Waals surface area contributed by atoms with E-state index in [0.717, 1.165) is 154 Å². The van der Waals surface area contributed by atoms with Crippen LogP contribution in [0.3, 0.4) is 0 Å². The third-order valence-electron chi connectivity index (χ3n) is 14.6. The second-order valence-electron chi connectivity index (χ2n) is 22.7. The summed E-state index contributed by atoms with van der Waals surface area (Å²) in [5.41, 5.74) is 0. The normalized spacial score (nSPS) is 13.0. The SMILES string of the molecule is CC/C=C\C/C=C\C/C=C\C/C=C\C/C=C\C/C=C\C/C=C\CCCCCCCCCCCCCC(=O)OCC(COC(=O)CCCCCCC/C=C\C/C=C\CCCCCC)OC(=O)CCCCCCC/C=C\C/C=C\CCCCCC. The summed E-state index contributed by atoms with van der Waals surface area (Å²) in [5.74, 6) is -0.915. The van der Waals surface area contributed by atoms with Crippen LogP contribution in [0.15, 0.2) is 134 Å². The molecule has 472 valence electrons. The molecule has 1 unspecified atom stereocenters. The molecule has 0 amide bonds. The molecule has 0 N–H and O–H groups in total. The summed E-state index contributed by atoms with van der Waals surface area (Å²) in [6.45, 7) is 6.48. The molecule has 0 aliphatic carbocycles. The van der Waals surface area contributed by atoms with Crippen molar-refractivity contribution in [2.45, 2.75) is 322 Å². The van der Waals surface area contributed by atoms with Gasteiger partial charge in [0.15, 0.2) is 6.10 Å².